The fraction of sp³-hybridized carbons (Fsp3) is 0.0909. The molecular formula is C11H9N5S3. The number of rotatable bonds is 3. The van der Waals surface area contributed by atoms with Crippen molar-refractivity contribution in [1.82, 2.24) is 25.2 Å². The van der Waals surface area contributed by atoms with Crippen LogP contribution in [-0.2, 0) is 0 Å². The summed E-state index contributed by atoms with van der Waals surface area (Å²) in [6.45, 7) is 2.02. The van der Waals surface area contributed by atoms with Crippen LogP contribution in [0.4, 0.5) is 0 Å². The van der Waals surface area contributed by atoms with Crippen LogP contribution in [-0.4, -0.2) is 25.2 Å². The zero-order valence-corrected chi connectivity index (χ0v) is 12.4. The Hall–Kier alpha value is -1.38. The van der Waals surface area contributed by atoms with Gasteiger partial charge in [0.1, 0.15) is 0 Å². The van der Waals surface area contributed by atoms with E-state index in [1.54, 1.807) is 22.2 Å². The maximum absolute atomic E-state index is 4.48. The van der Waals surface area contributed by atoms with E-state index in [4.69, 9.17) is 0 Å². The maximum atomic E-state index is 4.48. The summed E-state index contributed by atoms with van der Waals surface area (Å²) in [6, 6.07) is 5.95. The molecule has 0 fully saturated rings. The second-order valence-electron chi connectivity index (χ2n) is 3.77. The van der Waals surface area contributed by atoms with E-state index in [0.29, 0.717) is 5.16 Å². The molecule has 0 aliphatic heterocycles. The van der Waals surface area contributed by atoms with Crippen LogP contribution >= 0.6 is 35.7 Å². The summed E-state index contributed by atoms with van der Waals surface area (Å²) in [5.74, 6) is 0. The van der Waals surface area contributed by atoms with Crippen LogP contribution in [0, 0.1) is 6.92 Å². The highest BCUT2D eigenvalue weighted by Crippen LogP contribution is 2.30. The van der Waals surface area contributed by atoms with E-state index in [1.165, 1.54) is 11.8 Å². The summed E-state index contributed by atoms with van der Waals surface area (Å²) in [5, 5.41) is 14.4. The van der Waals surface area contributed by atoms with Crippen molar-refractivity contribution in [3.8, 4) is 5.69 Å². The molecular weight excluding hydrogens is 298 g/mol. The molecule has 0 N–H and O–H groups in total. The lowest BCUT2D eigenvalue weighted by atomic mass is 10.2. The third-order valence-corrected chi connectivity index (χ3v) is 4.57. The second kappa shape index (κ2) is 5.32. The Morgan fingerprint density at radius 3 is 3.00 bits per heavy atom. The summed E-state index contributed by atoms with van der Waals surface area (Å²) in [4.78, 5) is 5.06. The molecule has 0 radical (unpaired) electrons. The third-order valence-electron chi connectivity index (χ3n) is 2.39. The maximum Gasteiger partial charge on any atom is 0.221 e. The normalized spacial score (nSPS) is 10.8. The fourth-order valence-electron chi connectivity index (χ4n) is 1.55. The largest absolute Gasteiger partial charge is 0.238 e. The number of nitrogens with zero attached hydrogens (tertiary/aromatic N) is 5. The Balaban J connectivity index is 1.99. The van der Waals surface area contributed by atoms with Crippen LogP contribution < -0.4 is 0 Å². The zero-order valence-electron chi connectivity index (χ0n) is 9.89. The van der Waals surface area contributed by atoms with Gasteiger partial charge in [0, 0.05) is 16.5 Å². The highest BCUT2D eigenvalue weighted by molar-refractivity contribution is 8.00. The first-order valence-electron chi connectivity index (χ1n) is 5.40. The summed E-state index contributed by atoms with van der Waals surface area (Å²) in [5.41, 5.74) is 2.01. The average Bonchev–Trinajstić information content (AvgIpc) is 3.02. The Bertz CT molecular complexity index is 692. The predicted molar refractivity (Wildman–Crippen MR) is 77.4 cm³/mol. The van der Waals surface area contributed by atoms with Gasteiger partial charge in [-0.05, 0) is 46.8 Å². The molecule has 0 saturated carbocycles. The van der Waals surface area contributed by atoms with E-state index >= 15 is 0 Å². The van der Waals surface area contributed by atoms with Gasteiger partial charge in [0.15, 0.2) is 4.34 Å². The number of tetrazole rings is 1. The molecule has 0 bridgehead atoms. The van der Waals surface area contributed by atoms with Crippen molar-refractivity contribution in [3.63, 3.8) is 0 Å². The lowest BCUT2D eigenvalue weighted by Gasteiger charge is -2.06. The van der Waals surface area contributed by atoms with E-state index in [2.05, 4.69) is 33.1 Å². The number of benzene rings is 1. The standard InChI is InChI=1S/C11H9N5S3/c1-7-2-3-8(9(17)6-7)16-10(13-14-15-16)19-11-12-4-5-18-11/h2-6,17H,1H3. The topological polar surface area (TPSA) is 56.5 Å². The first-order chi connectivity index (χ1) is 9.24. The van der Waals surface area contributed by atoms with Gasteiger partial charge in [-0.3, -0.25) is 0 Å². The van der Waals surface area contributed by atoms with Gasteiger partial charge in [0.25, 0.3) is 0 Å². The van der Waals surface area contributed by atoms with Crippen molar-refractivity contribution in [2.45, 2.75) is 21.3 Å². The number of thiazole rings is 1. The molecule has 8 heteroatoms. The van der Waals surface area contributed by atoms with E-state index in [0.717, 1.165) is 20.5 Å². The number of hydrogen-bond acceptors (Lipinski definition) is 7. The van der Waals surface area contributed by atoms with E-state index < -0.39 is 0 Å². The monoisotopic (exact) mass is 307 g/mol. The highest BCUT2D eigenvalue weighted by atomic mass is 32.2. The fourth-order valence-corrected chi connectivity index (χ4v) is 3.43. The van der Waals surface area contributed by atoms with E-state index in [1.807, 2.05) is 30.5 Å². The SMILES string of the molecule is Cc1ccc(-n2nnnc2Sc2nccs2)c(S)c1. The Kier molecular flexibility index (Phi) is 3.54. The predicted octanol–water partition coefficient (Wildman–Crippen LogP) is 2.87. The molecule has 0 saturated heterocycles. The average molecular weight is 307 g/mol. The van der Waals surface area contributed by atoms with Gasteiger partial charge in [-0.2, -0.15) is 4.68 Å². The zero-order chi connectivity index (χ0) is 13.2. The van der Waals surface area contributed by atoms with Crippen LogP contribution in [0.2, 0.25) is 0 Å². The van der Waals surface area contributed by atoms with Gasteiger partial charge in [-0.1, -0.05) is 6.07 Å². The van der Waals surface area contributed by atoms with Gasteiger partial charge < -0.3 is 0 Å². The minimum absolute atomic E-state index is 0.675. The first kappa shape index (κ1) is 12.6. The molecule has 2 heterocycles. The van der Waals surface area contributed by atoms with Crippen molar-refractivity contribution < 1.29 is 0 Å². The van der Waals surface area contributed by atoms with Crippen LogP contribution in [0.5, 0.6) is 0 Å². The summed E-state index contributed by atoms with van der Waals surface area (Å²) >= 11 is 7.47. The van der Waals surface area contributed by atoms with Crippen molar-refractivity contribution in [2.75, 3.05) is 0 Å². The van der Waals surface area contributed by atoms with Gasteiger partial charge in [0.2, 0.25) is 5.16 Å². The number of aromatic nitrogens is 5. The Labute approximate surface area is 123 Å². The lowest BCUT2D eigenvalue weighted by molar-refractivity contribution is 0.744. The van der Waals surface area contributed by atoms with Gasteiger partial charge >= 0.3 is 0 Å². The van der Waals surface area contributed by atoms with Crippen LogP contribution in [0.15, 0.2) is 44.2 Å². The molecule has 0 amide bonds. The quantitative estimate of drug-likeness (QED) is 0.754. The molecule has 1 aromatic carbocycles. The Morgan fingerprint density at radius 2 is 2.26 bits per heavy atom. The minimum atomic E-state index is 0.675. The van der Waals surface area contributed by atoms with Crippen molar-refractivity contribution >= 4 is 35.7 Å². The molecule has 3 aromatic rings. The smallest absolute Gasteiger partial charge is 0.221 e. The molecule has 2 aromatic heterocycles. The molecule has 19 heavy (non-hydrogen) atoms. The minimum Gasteiger partial charge on any atom is -0.238 e. The van der Waals surface area contributed by atoms with Crippen LogP contribution in [0.25, 0.3) is 5.69 Å². The van der Waals surface area contributed by atoms with E-state index in [-0.39, 0.29) is 0 Å². The molecule has 96 valence electrons. The van der Waals surface area contributed by atoms with Gasteiger partial charge in [-0.25, -0.2) is 4.98 Å². The highest BCUT2D eigenvalue weighted by Gasteiger charge is 2.13. The third kappa shape index (κ3) is 2.65. The van der Waals surface area contributed by atoms with Crippen LogP contribution in [0.1, 0.15) is 5.56 Å². The molecule has 0 aliphatic carbocycles. The number of thiol groups is 1. The van der Waals surface area contributed by atoms with E-state index in [9.17, 15) is 0 Å². The second-order valence-corrected chi connectivity index (χ2v) is 6.36. The molecule has 0 spiro atoms. The van der Waals surface area contributed by atoms with Gasteiger partial charge in [-0.15, -0.1) is 29.1 Å². The molecule has 3 rings (SSSR count). The lowest BCUT2D eigenvalue weighted by Crippen LogP contribution is -2.00. The molecule has 0 aliphatic rings. The summed E-state index contributed by atoms with van der Waals surface area (Å²) < 4.78 is 2.58. The molecule has 5 nitrogen and oxygen atoms in total. The van der Waals surface area contributed by atoms with Crippen molar-refractivity contribution in [3.05, 3.63) is 35.3 Å². The molecule has 0 unspecified atom stereocenters. The summed E-state index contributed by atoms with van der Waals surface area (Å²) in [6.07, 6.45) is 1.76. The van der Waals surface area contributed by atoms with Crippen LogP contribution in [0.3, 0.4) is 0 Å². The van der Waals surface area contributed by atoms with Gasteiger partial charge in [0.05, 0.1) is 5.69 Å². The Morgan fingerprint density at radius 1 is 1.37 bits per heavy atom. The molecule has 0 atom stereocenters. The summed E-state index contributed by atoms with van der Waals surface area (Å²) in [7, 11) is 0. The first-order valence-corrected chi connectivity index (χ1v) is 7.54. The number of aryl methyl sites for hydroxylation is 1. The van der Waals surface area contributed by atoms with Crippen molar-refractivity contribution in [1.29, 1.82) is 0 Å². The van der Waals surface area contributed by atoms with Crippen molar-refractivity contribution in [2.24, 2.45) is 0 Å². The number of hydrogen-bond donors (Lipinski definition) is 1.